The van der Waals surface area contributed by atoms with E-state index in [1.165, 1.54) is 11.6 Å². The smallest absolute Gasteiger partial charge is 0.246 e. The van der Waals surface area contributed by atoms with E-state index in [0.29, 0.717) is 50.1 Å². The number of nitrogens with two attached hydrogens (primary N) is 1. The molecule has 0 spiro atoms. The first-order valence-electron chi connectivity index (χ1n) is 23.5. The highest BCUT2D eigenvalue weighted by Crippen LogP contribution is 2.35. The summed E-state index contributed by atoms with van der Waals surface area (Å²) in [4.78, 5) is 86.9. The molecule has 2 heterocycles. The van der Waals surface area contributed by atoms with Crippen LogP contribution >= 0.6 is 0 Å². The van der Waals surface area contributed by atoms with Crippen molar-refractivity contribution >= 4 is 35.4 Å². The molecule has 2 aliphatic heterocycles. The van der Waals surface area contributed by atoms with E-state index in [0.717, 1.165) is 41.3 Å². The summed E-state index contributed by atoms with van der Waals surface area (Å²) in [5.41, 5.74) is 10.8. The molecule has 6 amide bonds. The molecule has 1 fully saturated rings. The van der Waals surface area contributed by atoms with Crippen LogP contribution in [0.3, 0.4) is 0 Å². The zero-order valence-corrected chi connectivity index (χ0v) is 39.3. The third-order valence-corrected chi connectivity index (χ3v) is 12.4. The topological polar surface area (TPSA) is 204 Å². The quantitative estimate of drug-likeness (QED) is 0.103. The second kappa shape index (κ2) is 25.5. The monoisotopic (exact) mass is 927 g/mol. The van der Waals surface area contributed by atoms with Crippen LogP contribution in [-0.4, -0.2) is 124 Å². The summed E-state index contributed by atoms with van der Waals surface area (Å²) in [7, 11) is 4.12. The third kappa shape index (κ3) is 15.2. The lowest BCUT2D eigenvalue weighted by Crippen LogP contribution is -2.58. The number of benzene rings is 4. The molecular weight excluding hydrogens is 861 g/mol. The minimum atomic E-state index is -1.10. The van der Waals surface area contributed by atoms with E-state index in [2.05, 4.69) is 69.8 Å². The Kier molecular flexibility index (Phi) is 19.0. The molecule has 15 nitrogen and oxygen atoms in total. The number of ether oxygens (including phenoxy) is 1. The molecular formula is C53H66N8O7. The number of fused-ring (bicyclic) bond motifs is 3. The van der Waals surface area contributed by atoms with Crippen LogP contribution in [0.15, 0.2) is 115 Å². The molecule has 0 aromatic heterocycles. The molecule has 0 saturated carbocycles. The van der Waals surface area contributed by atoms with Gasteiger partial charge in [-0.1, -0.05) is 103 Å². The van der Waals surface area contributed by atoms with Crippen molar-refractivity contribution in [1.29, 1.82) is 0 Å². The minimum Gasteiger partial charge on any atom is -0.378 e. The first kappa shape index (κ1) is 50.7. The number of carbonyl (C=O) groups is 6. The summed E-state index contributed by atoms with van der Waals surface area (Å²) in [5.74, 6) is -2.67. The summed E-state index contributed by atoms with van der Waals surface area (Å²) >= 11 is 0. The highest BCUT2D eigenvalue weighted by atomic mass is 16.5. The zero-order chi connectivity index (χ0) is 48.3. The van der Waals surface area contributed by atoms with E-state index in [1.807, 2.05) is 66.7 Å². The maximum atomic E-state index is 15.0. The van der Waals surface area contributed by atoms with Gasteiger partial charge in [-0.2, -0.15) is 0 Å². The van der Waals surface area contributed by atoms with Crippen molar-refractivity contribution in [2.45, 2.75) is 63.6 Å². The van der Waals surface area contributed by atoms with Crippen molar-refractivity contribution < 1.29 is 33.5 Å². The second-order valence-electron chi connectivity index (χ2n) is 17.9. The van der Waals surface area contributed by atoms with Gasteiger partial charge in [-0.3, -0.25) is 28.8 Å². The summed E-state index contributed by atoms with van der Waals surface area (Å²) in [6.07, 6.45) is 4.70. The van der Waals surface area contributed by atoms with E-state index < -0.39 is 47.0 Å². The molecule has 2 bridgehead atoms. The number of likely N-dealkylation sites (N-methyl/N-ethyl adjacent to an activating group) is 1. The van der Waals surface area contributed by atoms with Gasteiger partial charge in [0.15, 0.2) is 0 Å². The van der Waals surface area contributed by atoms with Crippen LogP contribution in [0, 0.1) is 5.41 Å². The molecule has 6 rings (SSSR count). The summed E-state index contributed by atoms with van der Waals surface area (Å²) in [6, 6.07) is 31.3. The Bertz CT molecular complexity index is 2360. The molecule has 4 aromatic rings. The van der Waals surface area contributed by atoms with Crippen molar-refractivity contribution in [3.8, 4) is 11.1 Å². The summed E-state index contributed by atoms with van der Waals surface area (Å²) < 4.78 is 5.38. The fourth-order valence-electron chi connectivity index (χ4n) is 8.62. The first-order valence-corrected chi connectivity index (χ1v) is 23.5. The van der Waals surface area contributed by atoms with Crippen LogP contribution in [0.25, 0.3) is 11.1 Å². The van der Waals surface area contributed by atoms with Crippen molar-refractivity contribution in [1.82, 2.24) is 36.4 Å². The number of amides is 6. The van der Waals surface area contributed by atoms with Gasteiger partial charge in [0.2, 0.25) is 35.4 Å². The molecule has 15 heteroatoms. The fourth-order valence-corrected chi connectivity index (χ4v) is 8.62. The van der Waals surface area contributed by atoms with Crippen LogP contribution in [0.2, 0.25) is 0 Å². The van der Waals surface area contributed by atoms with Crippen LogP contribution in [0.5, 0.6) is 0 Å². The number of carbonyl (C=O) groups excluding carboxylic acids is 6. The Hall–Kier alpha value is -6.68. The lowest BCUT2D eigenvalue weighted by Gasteiger charge is -2.42. The lowest BCUT2D eigenvalue weighted by molar-refractivity contribution is -0.141. The number of rotatable bonds is 14. The van der Waals surface area contributed by atoms with Crippen molar-refractivity contribution in [2.75, 3.05) is 66.6 Å². The molecule has 0 aliphatic carbocycles. The predicted molar refractivity (Wildman–Crippen MR) is 262 cm³/mol. The van der Waals surface area contributed by atoms with Gasteiger partial charge < -0.3 is 46.9 Å². The van der Waals surface area contributed by atoms with Gasteiger partial charge in [0.05, 0.1) is 25.0 Å². The maximum Gasteiger partial charge on any atom is 0.246 e. The number of nitrogens with zero attached hydrogens (tertiary/aromatic N) is 2. The molecule has 2 aliphatic rings. The zero-order valence-electron chi connectivity index (χ0n) is 39.3. The van der Waals surface area contributed by atoms with E-state index in [1.54, 1.807) is 17.0 Å². The summed E-state index contributed by atoms with van der Waals surface area (Å²) in [6.45, 7) is 2.56. The van der Waals surface area contributed by atoms with Crippen LogP contribution in [-0.2, 0) is 65.7 Å². The first-order chi connectivity index (χ1) is 32.9. The van der Waals surface area contributed by atoms with E-state index >= 15 is 0 Å². The molecule has 68 heavy (non-hydrogen) atoms. The Morgan fingerprint density at radius 1 is 0.809 bits per heavy atom. The molecule has 0 unspecified atom stereocenters. The van der Waals surface area contributed by atoms with Gasteiger partial charge in [-0.25, -0.2) is 0 Å². The largest absolute Gasteiger partial charge is 0.378 e. The number of hydrogen-bond donors (Lipinski definition) is 6. The number of piperidine rings is 1. The Labute approximate surface area is 399 Å². The van der Waals surface area contributed by atoms with E-state index in [-0.39, 0.29) is 58.0 Å². The van der Waals surface area contributed by atoms with Gasteiger partial charge in [-0.05, 0) is 85.1 Å². The van der Waals surface area contributed by atoms with Crippen molar-refractivity contribution in [2.24, 2.45) is 11.1 Å². The van der Waals surface area contributed by atoms with Crippen molar-refractivity contribution in [3.63, 3.8) is 0 Å². The lowest BCUT2D eigenvalue weighted by atomic mass is 9.74. The van der Waals surface area contributed by atoms with Gasteiger partial charge in [0.1, 0.15) is 12.1 Å². The van der Waals surface area contributed by atoms with Gasteiger partial charge in [0, 0.05) is 64.4 Å². The fraction of sp³-hybridized carbons (Fsp3) is 0.396. The van der Waals surface area contributed by atoms with Gasteiger partial charge >= 0.3 is 0 Å². The van der Waals surface area contributed by atoms with Crippen LogP contribution in [0.4, 0.5) is 0 Å². The molecule has 7 N–H and O–H groups in total. The SMILES string of the molecule is CN(C)CCc1ccc(-c2ccc(C[C@@H]3NC(=O)[C@]4(Cc5ccccc5)CCCN(C4)C(=O)/C=C/C(=O)NCC[C@@H](C(=O)NCCOCCN)NC(=O)Cc4ccccc4CNC3=O)cc2)cc1. The normalized spacial score (nSPS) is 20.4. The van der Waals surface area contributed by atoms with E-state index in [9.17, 15) is 28.8 Å². The van der Waals surface area contributed by atoms with Crippen LogP contribution in [0.1, 0.15) is 47.1 Å². The van der Waals surface area contributed by atoms with Crippen molar-refractivity contribution in [3.05, 3.63) is 143 Å². The molecule has 3 atom stereocenters. The Morgan fingerprint density at radius 2 is 1.50 bits per heavy atom. The highest BCUT2D eigenvalue weighted by molar-refractivity contribution is 5.97. The summed E-state index contributed by atoms with van der Waals surface area (Å²) in [5, 5.41) is 14.5. The minimum absolute atomic E-state index is 0.0166. The average molecular weight is 927 g/mol. The van der Waals surface area contributed by atoms with Gasteiger partial charge in [0.25, 0.3) is 0 Å². The Morgan fingerprint density at radius 3 is 2.21 bits per heavy atom. The highest BCUT2D eigenvalue weighted by Gasteiger charge is 2.44. The Balaban J connectivity index is 1.29. The van der Waals surface area contributed by atoms with E-state index in [4.69, 9.17) is 10.5 Å². The number of nitrogens with one attached hydrogen (secondary N) is 5. The molecule has 4 aromatic carbocycles. The molecule has 360 valence electrons. The molecule has 0 radical (unpaired) electrons. The predicted octanol–water partition coefficient (Wildman–Crippen LogP) is 2.85. The third-order valence-electron chi connectivity index (χ3n) is 12.4. The number of hydrogen-bond acceptors (Lipinski definition) is 9. The average Bonchev–Trinajstić information content (AvgIpc) is 3.34. The van der Waals surface area contributed by atoms with Gasteiger partial charge in [-0.15, -0.1) is 0 Å². The second-order valence-corrected chi connectivity index (χ2v) is 17.9. The van der Waals surface area contributed by atoms with Crippen LogP contribution < -0.4 is 32.3 Å². The maximum absolute atomic E-state index is 15.0. The molecule has 1 saturated heterocycles. The standard InChI is InChI=1S/C53H66N8O7/c1-60(2)30-24-38-13-17-41(18-14-38)42-19-15-39(16-20-42)33-46-51(66)57-36-44-12-7-6-11-43(44)34-48(63)58-45(50(65)56-28-32-68-31-26-54)23-27-55-47(62)21-22-49(64)61-29-8-25-53(37-61,52(67)59-46)35-40-9-4-3-5-10-40/h3-7,9-22,45-46H,8,23-37,54H2,1-2H3,(H,55,62)(H,56,65)(H,57,66)(H,58,63)(H,59,67)/b22-21+/t45-,46-,53-/m0/s1.